The number of piperidine rings is 1. The molecule has 1 aromatic carbocycles. The summed E-state index contributed by atoms with van der Waals surface area (Å²) in [5, 5.41) is 14.5. The summed E-state index contributed by atoms with van der Waals surface area (Å²) in [5.41, 5.74) is 4.67. The van der Waals surface area contributed by atoms with Gasteiger partial charge in [-0.15, -0.1) is 0 Å². The van der Waals surface area contributed by atoms with Gasteiger partial charge in [-0.25, -0.2) is 9.37 Å². The minimum absolute atomic E-state index is 0.333. The highest BCUT2D eigenvalue weighted by atomic mass is 35.5. The van der Waals surface area contributed by atoms with Gasteiger partial charge >= 0.3 is 0 Å². The highest BCUT2D eigenvalue weighted by Crippen LogP contribution is 2.33. The van der Waals surface area contributed by atoms with Gasteiger partial charge in [-0.3, -0.25) is 10.1 Å². The van der Waals surface area contributed by atoms with Crippen LogP contribution in [0.15, 0.2) is 48.8 Å². The largest absolute Gasteiger partial charge is 0.382 e. The summed E-state index contributed by atoms with van der Waals surface area (Å²) >= 11 is 6.07. The van der Waals surface area contributed by atoms with Gasteiger partial charge in [0.05, 0.1) is 28.6 Å². The van der Waals surface area contributed by atoms with E-state index < -0.39 is 0 Å². The van der Waals surface area contributed by atoms with Crippen LogP contribution in [0.1, 0.15) is 19.3 Å². The van der Waals surface area contributed by atoms with Crippen molar-refractivity contribution in [3.05, 3.63) is 59.6 Å². The van der Waals surface area contributed by atoms with E-state index in [9.17, 15) is 4.39 Å². The minimum atomic E-state index is -0.386. The number of aromatic amines is 1. The van der Waals surface area contributed by atoms with E-state index in [0.717, 1.165) is 29.8 Å². The molecular formula is C23H22ClFN6. The maximum Gasteiger partial charge on any atom is 0.132 e. The molecule has 3 aromatic heterocycles. The summed E-state index contributed by atoms with van der Waals surface area (Å²) in [7, 11) is 0. The first-order chi connectivity index (χ1) is 15.2. The number of benzene rings is 1. The highest BCUT2D eigenvalue weighted by molar-refractivity contribution is 6.30. The van der Waals surface area contributed by atoms with E-state index in [4.69, 9.17) is 16.6 Å². The summed E-state index contributed by atoms with van der Waals surface area (Å²) in [6.45, 7) is 1.93. The van der Waals surface area contributed by atoms with Crippen molar-refractivity contribution in [3.8, 4) is 22.5 Å². The first-order valence-corrected chi connectivity index (χ1v) is 10.8. The van der Waals surface area contributed by atoms with Crippen LogP contribution in [0.3, 0.4) is 0 Å². The molecule has 31 heavy (non-hydrogen) atoms. The molecular weight excluding hydrogens is 415 g/mol. The van der Waals surface area contributed by atoms with Gasteiger partial charge in [0.25, 0.3) is 0 Å². The van der Waals surface area contributed by atoms with Gasteiger partial charge in [0.15, 0.2) is 0 Å². The monoisotopic (exact) mass is 436 g/mol. The van der Waals surface area contributed by atoms with E-state index >= 15 is 0 Å². The molecule has 4 aromatic rings. The number of pyridine rings is 2. The third kappa shape index (κ3) is 4.24. The fraction of sp³-hybridized carbons (Fsp3) is 0.261. The molecule has 1 unspecified atom stereocenters. The smallest absolute Gasteiger partial charge is 0.132 e. The Kier molecular flexibility index (Phi) is 5.53. The molecule has 3 N–H and O–H groups in total. The molecule has 1 saturated heterocycles. The standard InChI is InChI=1S/C23H22ClFN6/c24-14-4-5-19(25)17(9-14)23-18(13-29-31-23)20-6-7-21-22(30-20)10-16(12-28-21)27-11-15-3-1-2-8-26-15/h4-7,9-10,12-13,15,26-27H,1-3,8,11H2,(H,29,31). The predicted octanol–water partition coefficient (Wildman–Crippen LogP) is 5.03. The molecule has 1 aliphatic rings. The lowest BCUT2D eigenvalue weighted by molar-refractivity contribution is 0.414. The molecule has 0 aliphatic carbocycles. The molecule has 0 spiro atoms. The molecule has 0 radical (unpaired) electrons. The van der Waals surface area contributed by atoms with Crippen LogP contribution in [-0.2, 0) is 0 Å². The number of hydrogen-bond acceptors (Lipinski definition) is 5. The Bertz CT molecular complexity index is 1220. The predicted molar refractivity (Wildman–Crippen MR) is 122 cm³/mol. The molecule has 158 valence electrons. The number of H-pyrrole nitrogens is 1. The van der Waals surface area contributed by atoms with Crippen molar-refractivity contribution in [1.82, 2.24) is 25.5 Å². The van der Waals surface area contributed by atoms with Gasteiger partial charge < -0.3 is 10.6 Å². The third-order valence-electron chi connectivity index (χ3n) is 5.60. The van der Waals surface area contributed by atoms with Crippen LogP contribution < -0.4 is 10.6 Å². The van der Waals surface area contributed by atoms with Gasteiger partial charge in [-0.05, 0) is 55.8 Å². The summed E-state index contributed by atoms with van der Waals surface area (Å²) < 4.78 is 14.4. The van der Waals surface area contributed by atoms with Crippen molar-refractivity contribution in [2.24, 2.45) is 0 Å². The molecule has 8 heteroatoms. The topological polar surface area (TPSA) is 78.5 Å². The van der Waals surface area contributed by atoms with E-state index in [0.29, 0.717) is 33.6 Å². The van der Waals surface area contributed by atoms with Gasteiger partial charge in [0, 0.05) is 34.9 Å². The van der Waals surface area contributed by atoms with E-state index in [-0.39, 0.29) is 5.82 Å². The lowest BCUT2D eigenvalue weighted by atomic mass is 10.0. The molecule has 6 nitrogen and oxygen atoms in total. The molecule has 0 amide bonds. The van der Waals surface area contributed by atoms with Gasteiger partial charge in [0.2, 0.25) is 0 Å². The third-order valence-corrected chi connectivity index (χ3v) is 5.84. The Morgan fingerprint density at radius 3 is 2.90 bits per heavy atom. The Balaban J connectivity index is 1.45. The Hall–Kier alpha value is -3.03. The van der Waals surface area contributed by atoms with Crippen LogP contribution in [0.2, 0.25) is 5.02 Å². The molecule has 0 bridgehead atoms. The number of halogens is 2. The number of nitrogens with zero attached hydrogens (tertiary/aromatic N) is 3. The van der Waals surface area contributed by atoms with Crippen molar-refractivity contribution in [2.75, 3.05) is 18.4 Å². The van der Waals surface area contributed by atoms with Crippen molar-refractivity contribution >= 4 is 28.3 Å². The zero-order chi connectivity index (χ0) is 21.2. The second kappa shape index (κ2) is 8.61. The van der Waals surface area contributed by atoms with Crippen LogP contribution in [-0.4, -0.2) is 39.3 Å². The zero-order valence-electron chi connectivity index (χ0n) is 16.8. The normalized spacial score (nSPS) is 16.5. The average molecular weight is 437 g/mol. The molecule has 1 atom stereocenters. The van der Waals surface area contributed by atoms with E-state index in [2.05, 4.69) is 25.8 Å². The fourth-order valence-electron chi connectivity index (χ4n) is 3.96. The van der Waals surface area contributed by atoms with Crippen molar-refractivity contribution in [2.45, 2.75) is 25.3 Å². The van der Waals surface area contributed by atoms with Crippen LogP contribution in [0.25, 0.3) is 33.5 Å². The summed E-state index contributed by atoms with van der Waals surface area (Å²) in [6.07, 6.45) is 7.24. The molecule has 5 rings (SSSR count). The number of nitrogens with one attached hydrogen (secondary N) is 3. The van der Waals surface area contributed by atoms with E-state index in [1.54, 1.807) is 12.3 Å². The van der Waals surface area contributed by atoms with Crippen LogP contribution in [0.5, 0.6) is 0 Å². The fourth-order valence-corrected chi connectivity index (χ4v) is 4.13. The lowest BCUT2D eigenvalue weighted by Gasteiger charge is -2.24. The number of aromatic nitrogens is 4. The lowest BCUT2D eigenvalue weighted by Crippen LogP contribution is -2.39. The highest BCUT2D eigenvalue weighted by Gasteiger charge is 2.17. The van der Waals surface area contributed by atoms with Crippen LogP contribution >= 0.6 is 11.6 Å². The maximum atomic E-state index is 14.4. The SMILES string of the molecule is Fc1ccc(Cl)cc1-c1n[nH]cc1-c1ccc2ncc(NCC3CCCCN3)cc2n1. The Morgan fingerprint density at radius 2 is 2.03 bits per heavy atom. The molecule has 4 heterocycles. The average Bonchev–Trinajstić information content (AvgIpc) is 3.29. The van der Waals surface area contributed by atoms with Gasteiger partial charge in [-0.1, -0.05) is 18.0 Å². The van der Waals surface area contributed by atoms with Gasteiger partial charge in [-0.2, -0.15) is 5.10 Å². The molecule has 0 saturated carbocycles. The minimum Gasteiger partial charge on any atom is -0.382 e. The second-order valence-electron chi connectivity index (χ2n) is 7.76. The number of fused-ring (bicyclic) bond motifs is 1. The molecule has 1 fully saturated rings. The van der Waals surface area contributed by atoms with Crippen molar-refractivity contribution < 1.29 is 4.39 Å². The van der Waals surface area contributed by atoms with Crippen LogP contribution in [0, 0.1) is 5.82 Å². The molecule has 1 aliphatic heterocycles. The number of rotatable bonds is 5. The summed E-state index contributed by atoms with van der Waals surface area (Å²) in [6, 6.07) is 10.7. The Morgan fingerprint density at radius 1 is 1.10 bits per heavy atom. The first kappa shape index (κ1) is 19.9. The van der Waals surface area contributed by atoms with Crippen LogP contribution in [0.4, 0.5) is 10.1 Å². The summed E-state index contributed by atoms with van der Waals surface area (Å²) in [4.78, 5) is 9.31. The zero-order valence-corrected chi connectivity index (χ0v) is 17.6. The van der Waals surface area contributed by atoms with Gasteiger partial charge in [0.1, 0.15) is 11.5 Å². The number of anilines is 1. The second-order valence-corrected chi connectivity index (χ2v) is 8.19. The van der Waals surface area contributed by atoms with Crippen molar-refractivity contribution in [1.29, 1.82) is 0 Å². The first-order valence-electron chi connectivity index (χ1n) is 10.4. The quantitative estimate of drug-likeness (QED) is 0.409. The maximum absolute atomic E-state index is 14.4. The Labute approximate surface area is 184 Å². The van der Waals surface area contributed by atoms with Crippen molar-refractivity contribution in [3.63, 3.8) is 0 Å². The number of hydrogen-bond donors (Lipinski definition) is 3. The van der Waals surface area contributed by atoms with E-state index in [1.165, 1.54) is 31.4 Å². The summed E-state index contributed by atoms with van der Waals surface area (Å²) in [5.74, 6) is -0.386. The van der Waals surface area contributed by atoms with E-state index in [1.807, 2.05) is 24.4 Å².